The van der Waals surface area contributed by atoms with Crippen molar-refractivity contribution in [1.82, 2.24) is 15.0 Å². The molecule has 0 aliphatic carbocycles. The standard InChI is InChI=1S/C11H13BrN4/c1-6-4-9(5-7(2)10(6)12)16-8(3)11(13)14-15-16/h4-5H,13H2,1-3H3. The van der Waals surface area contributed by atoms with Crippen molar-refractivity contribution in [3.63, 3.8) is 0 Å². The van der Waals surface area contributed by atoms with Crippen molar-refractivity contribution >= 4 is 21.7 Å². The number of benzene rings is 1. The van der Waals surface area contributed by atoms with E-state index in [4.69, 9.17) is 5.73 Å². The third kappa shape index (κ3) is 1.71. The van der Waals surface area contributed by atoms with Gasteiger partial charge in [0.2, 0.25) is 0 Å². The number of nitrogens with zero attached hydrogens (tertiary/aromatic N) is 3. The largest absolute Gasteiger partial charge is 0.381 e. The quantitative estimate of drug-likeness (QED) is 0.873. The Morgan fingerprint density at radius 1 is 1.19 bits per heavy atom. The molecule has 0 aliphatic rings. The molecule has 0 aliphatic heterocycles. The molecule has 16 heavy (non-hydrogen) atoms. The van der Waals surface area contributed by atoms with Gasteiger partial charge in [0.1, 0.15) is 0 Å². The van der Waals surface area contributed by atoms with Gasteiger partial charge in [-0.25, -0.2) is 4.68 Å². The smallest absolute Gasteiger partial charge is 0.169 e. The molecule has 1 aromatic heterocycles. The molecule has 2 aromatic rings. The predicted octanol–water partition coefficient (Wildman–Crippen LogP) is 2.54. The Morgan fingerprint density at radius 2 is 1.75 bits per heavy atom. The van der Waals surface area contributed by atoms with E-state index < -0.39 is 0 Å². The SMILES string of the molecule is Cc1cc(-n2nnc(N)c2C)cc(C)c1Br. The minimum Gasteiger partial charge on any atom is -0.381 e. The average Bonchev–Trinajstić information content (AvgIpc) is 2.56. The highest BCUT2D eigenvalue weighted by Gasteiger charge is 2.09. The molecule has 0 unspecified atom stereocenters. The zero-order chi connectivity index (χ0) is 11.9. The predicted molar refractivity (Wildman–Crippen MR) is 67.7 cm³/mol. The second-order valence-electron chi connectivity index (χ2n) is 3.87. The molecule has 84 valence electrons. The summed E-state index contributed by atoms with van der Waals surface area (Å²) in [5.41, 5.74) is 9.87. The van der Waals surface area contributed by atoms with Crippen LogP contribution in [0.2, 0.25) is 0 Å². The number of aryl methyl sites for hydroxylation is 2. The van der Waals surface area contributed by atoms with Crippen molar-refractivity contribution in [2.75, 3.05) is 5.73 Å². The van der Waals surface area contributed by atoms with Gasteiger partial charge in [-0.1, -0.05) is 21.1 Å². The van der Waals surface area contributed by atoms with Crippen LogP contribution in [0.3, 0.4) is 0 Å². The van der Waals surface area contributed by atoms with Crippen molar-refractivity contribution < 1.29 is 0 Å². The normalized spacial score (nSPS) is 10.8. The number of anilines is 1. The molecular formula is C11H13BrN4. The molecule has 0 radical (unpaired) electrons. The van der Waals surface area contributed by atoms with Gasteiger partial charge < -0.3 is 5.73 Å². The molecule has 2 rings (SSSR count). The third-order valence-corrected chi connectivity index (χ3v) is 3.85. The molecule has 0 fully saturated rings. The number of hydrogen-bond acceptors (Lipinski definition) is 3. The summed E-state index contributed by atoms with van der Waals surface area (Å²) in [4.78, 5) is 0. The van der Waals surface area contributed by atoms with E-state index in [2.05, 4.69) is 52.2 Å². The van der Waals surface area contributed by atoms with Crippen molar-refractivity contribution in [3.8, 4) is 5.69 Å². The molecule has 0 bridgehead atoms. The number of aromatic nitrogens is 3. The number of rotatable bonds is 1. The van der Waals surface area contributed by atoms with Gasteiger partial charge in [-0.3, -0.25) is 0 Å². The van der Waals surface area contributed by atoms with E-state index in [0.717, 1.165) is 15.9 Å². The average molecular weight is 281 g/mol. The highest BCUT2D eigenvalue weighted by atomic mass is 79.9. The minimum absolute atomic E-state index is 0.471. The molecule has 2 N–H and O–H groups in total. The second kappa shape index (κ2) is 3.90. The van der Waals surface area contributed by atoms with Crippen molar-refractivity contribution in [1.29, 1.82) is 0 Å². The van der Waals surface area contributed by atoms with Crippen molar-refractivity contribution in [2.24, 2.45) is 0 Å². The van der Waals surface area contributed by atoms with Gasteiger partial charge in [0.25, 0.3) is 0 Å². The fourth-order valence-corrected chi connectivity index (χ4v) is 1.86. The first-order valence-electron chi connectivity index (χ1n) is 4.95. The molecule has 0 saturated carbocycles. The first kappa shape index (κ1) is 11.1. The Labute approximate surface area is 103 Å². The van der Waals surface area contributed by atoms with Crippen LogP contribution in [0.5, 0.6) is 0 Å². The molecule has 1 heterocycles. The first-order chi connectivity index (χ1) is 7.50. The lowest BCUT2D eigenvalue weighted by atomic mass is 10.1. The van der Waals surface area contributed by atoms with Crippen LogP contribution in [0.15, 0.2) is 16.6 Å². The van der Waals surface area contributed by atoms with Crippen LogP contribution >= 0.6 is 15.9 Å². The summed E-state index contributed by atoms with van der Waals surface area (Å²) in [6, 6.07) is 4.11. The van der Waals surface area contributed by atoms with Crippen LogP contribution < -0.4 is 5.73 Å². The van der Waals surface area contributed by atoms with Gasteiger partial charge in [-0.05, 0) is 44.0 Å². The number of halogens is 1. The number of nitrogens with two attached hydrogens (primary N) is 1. The lowest BCUT2D eigenvalue weighted by molar-refractivity contribution is 0.783. The summed E-state index contributed by atoms with van der Waals surface area (Å²) < 4.78 is 2.88. The van der Waals surface area contributed by atoms with Crippen LogP contribution in [0.25, 0.3) is 5.69 Å². The topological polar surface area (TPSA) is 56.7 Å². The molecule has 1 aromatic carbocycles. The highest BCUT2D eigenvalue weighted by molar-refractivity contribution is 9.10. The van der Waals surface area contributed by atoms with E-state index in [0.29, 0.717) is 5.82 Å². The molecule has 4 nitrogen and oxygen atoms in total. The Bertz CT molecular complexity index is 522. The zero-order valence-electron chi connectivity index (χ0n) is 9.45. The van der Waals surface area contributed by atoms with Crippen LogP contribution in [0.1, 0.15) is 16.8 Å². The molecule has 5 heteroatoms. The van der Waals surface area contributed by atoms with Crippen LogP contribution in [0.4, 0.5) is 5.82 Å². The third-order valence-electron chi connectivity index (χ3n) is 2.60. The molecule has 0 atom stereocenters. The lowest BCUT2D eigenvalue weighted by Crippen LogP contribution is -2.01. The van der Waals surface area contributed by atoms with Gasteiger partial charge in [0.15, 0.2) is 5.82 Å². The summed E-state index contributed by atoms with van der Waals surface area (Å²) in [5.74, 6) is 0.471. The van der Waals surface area contributed by atoms with E-state index in [1.54, 1.807) is 4.68 Å². The monoisotopic (exact) mass is 280 g/mol. The maximum Gasteiger partial charge on any atom is 0.169 e. The van der Waals surface area contributed by atoms with E-state index in [-0.39, 0.29) is 0 Å². The van der Waals surface area contributed by atoms with Crippen molar-refractivity contribution in [3.05, 3.63) is 33.4 Å². The molecule has 0 saturated heterocycles. The minimum atomic E-state index is 0.471. The fourth-order valence-electron chi connectivity index (χ4n) is 1.63. The van der Waals surface area contributed by atoms with Gasteiger partial charge in [-0.2, -0.15) is 0 Å². The summed E-state index contributed by atoms with van der Waals surface area (Å²) >= 11 is 3.54. The van der Waals surface area contributed by atoms with Gasteiger partial charge in [-0.15, -0.1) is 5.10 Å². The zero-order valence-corrected chi connectivity index (χ0v) is 11.0. The lowest BCUT2D eigenvalue weighted by Gasteiger charge is -2.08. The second-order valence-corrected chi connectivity index (χ2v) is 4.66. The molecular weight excluding hydrogens is 268 g/mol. The Balaban J connectivity index is 2.61. The van der Waals surface area contributed by atoms with Gasteiger partial charge in [0, 0.05) is 4.47 Å². The number of nitrogen functional groups attached to an aromatic ring is 1. The van der Waals surface area contributed by atoms with Gasteiger partial charge in [0.05, 0.1) is 11.4 Å². The number of hydrogen-bond donors (Lipinski definition) is 1. The summed E-state index contributed by atoms with van der Waals surface area (Å²) in [6.45, 7) is 6.01. The van der Waals surface area contributed by atoms with E-state index in [1.165, 1.54) is 11.1 Å². The van der Waals surface area contributed by atoms with Gasteiger partial charge >= 0.3 is 0 Å². The Hall–Kier alpha value is -1.36. The van der Waals surface area contributed by atoms with Crippen LogP contribution in [-0.2, 0) is 0 Å². The molecule has 0 amide bonds. The Kier molecular flexibility index (Phi) is 2.71. The van der Waals surface area contributed by atoms with E-state index in [9.17, 15) is 0 Å². The summed E-state index contributed by atoms with van der Waals surface area (Å²) in [5, 5.41) is 7.88. The maximum absolute atomic E-state index is 5.68. The van der Waals surface area contributed by atoms with E-state index in [1.807, 2.05) is 6.92 Å². The summed E-state index contributed by atoms with van der Waals surface area (Å²) in [7, 11) is 0. The van der Waals surface area contributed by atoms with Crippen molar-refractivity contribution in [2.45, 2.75) is 20.8 Å². The summed E-state index contributed by atoms with van der Waals surface area (Å²) in [6.07, 6.45) is 0. The Morgan fingerprint density at radius 3 is 2.19 bits per heavy atom. The van der Waals surface area contributed by atoms with E-state index >= 15 is 0 Å². The molecule has 0 spiro atoms. The highest BCUT2D eigenvalue weighted by Crippen LogP contribution is 2.25. The maximum atomic E-state index is 5.68. The first-order valence-corrected chi connectivity index (χ1v) is 5.75. The fraction of sp³-hybridized carbons (Fsp3) is 0.273. The van der Waals surface area contributed by atoms with Crippen LogP contribution in [0, 0.1) is 20.8 Å². The van der Waals surface area contributed by atoms with Crippen LogP contribution in [-0.4, -0.2) is 15.0 Å².